The van der Waals surface area contributed by atoms with Crippen LogP contribution in [0.1, 0.15) is 25.3 Å². The quantitative estimate of drug-likeness (QED) is 0.932. The molecule has 0 bridgehead atoms. The number of anilines is 1. The van der Waals surface area contributed by atoms with Gasteiger partial charge in [0.15, 0.2) is 0 Å². The first kappa shape index (κ1) is 12.4. The molecule has 0 saturated carbocycles. The van der Waals surface area contributed by atoms with Crippen LogP contribution in [-0.4, -0.2) is 23.8 Å². The largest absolute Gasteiger partial charge is 0.386 e. The molecular formula is C13H15BrN2O. The number of hydrogen-bond donors (Lipinski definition) is 1. The molecule has 1 fully saturated rings. The van der Waals surface area contributed by atoms with Gasteiger partial charge < -0.3 is 10.0 Å². The summed E-state index contributed by atoms with van der Waals surface area (Å²) < 4.78 is 0.809. The number of nitrogens with zero attached hydrogens (tertiary/aromatic N) is 2. The molecule has 2 rings (SSSR count). The van der Waals surface area contributed by atoms with Crippen LogP contribution in [0.25, 0.3) is 0 Å². The number of hydrogen-bond acceptors (Lipinski definition) is 3. The van der Waals surface area contributed by atoms with Crippen LogP contribution in [-0.2, 0) is 0 Å². The molecule has 0 radical (unpaired) electrons. The van der Waals surface area contributed by atoms with E-state index in [0.29, 0.717) is 18.7 Å². The van der Waals surface area contributed by atoms with Gasteiger partial charge in [-0.2, -0.15) is 5.26 Å². The van der Waals surface area contributed by atoms with Gasteiger partial charge in [0.2, 0.25) is 0 Å². The molecule has 1 aliphatic heterocycles. The number of halogens is 1. The molecule has 0 spiro atoms. The molecule has 1 heterocycles. The van der Waals surface area contributed by atoms with Crippen LogP contribution in [0, 0.1) is 11.3 Å². The molecule has 1 aromatic carbocycles. The molecule has 0 amide bonds. The maximum absolute atomic E-state index is 10.1. The lowest BCUT2D eigenvalue weighted by Gasteiger charge is -2.48. The van der Waals surface area contributed by atoms with Crippen molar-refractivity contribution in [1.29, 1.82) is 5.26 Å². The second-order valence-corrected chi connectivity index (χ2v) is 5.46. The maximum Gasteiger partial charge on any atom is 0.100 e. The van der Waals surface area contributed by atoms with Gasteiger partial charge in [-0.15, -0.1) is 0 Å². The summed E-state index contributed by atoms with van der Waals surface area (Å²) in [6.45, 7) is 3.44. The van der Waals surface area contributed by atoms with E-state index in [9.17, 15) is 5.11 Å². The summed E-state index contributed by atoms with van der Waals surface area (Å²) in [5.74, 6) is 0. The number of nitriles is 1. The predicted molar refractivity (Wildman–Crippen MR) is 70.9 cm³/mol. The minimum Gasteiger partial charge on any atom is -0.386 e. The van der Waals surface area contributed by atoms with Crippen LogP contribution in [0.5, 0.6) is 0 Å². The van der Waals surface area contributed by atoms with E-state index in [-0.39, 0.29) is 0 Å². The fourth-order valence-electron chi connectivity index (χ4n) is 2.26. The molecule has 1 saturated heterocycles. The van der Waals surface area contributed by atoms with E-state index >= 15 is 0 Å². The highest BCUT2D eigenvalue weighted by Gasteiger charge is 2.40. The van der Waals surface area contributed by atoms with Crippen molar-refractivity contribution in [1.82, 2.24) is 0 Å². The van der Waals surface area contributed by atoms with E-state index in [1.807, 2.05) is 12.1 Å². The van der Waals surface area contributed by atoms with E-state index in [4.69, 9.17) is 5.26 Å². The topological polar surface area (TPSA) is 47.3 Å². The molecule has 17 heavy (non-hydrogen) atoms. The first-order valence-corrected chi connectivity index (χ1v) is 6.54. The van der Waals surface area contributed by atoms with Crippen molar-refractivity contribution >= 4 is 21.6 Å². The Balaban J connectivity index is 2.07. The van der Waals surface area contributed by atoms with Gasteiger partial charge >= 0.3 is 0 Å². The van der Waals surface area contributed by atoms with Gasteiger partial charge in [0.25, 0.3) is 0 Å². The molecule has 1 N–H and O–H groups in total. The van der Waals surface area contributed by atoms with Gasteiger partial charge in [-0.05, 0) is 40.5 Å². The van der Waals surface area contributed by atoms with E-state index in [0.717, 1.165) is 23.0 Å². The zero-order valence-electron chi connectivity index (χ0n) is 9.78. The molecule has 0 atom stereocenters. The van der Waals surface area contributed by atoms with Crippen molar-refractivity contribution in [2.45, 2.75) is 25.4 Å². The molecule has 0 aliphatic carbocycles. The third-order valence-electron chi connectivity index (χ3n) is 3.12. The smallest absolute Gasteiger partial charge is 0.100 e. The summed E-state index contributed by atoms with van der Waals surface area (Å²) in [5.41, 5.74) is 1.17. The zero-order valence-corrected chi connectivity index (χ0v) is 11.4. The van der Waals surface area contributed by atoms with Gasteiger partial charge in [0.1, 0.15) is 6.07 Å². The van der Waals surface area contributed by atoms with Gasteiger partial charge in [0.05, 0.1) is 11.2 Å². The normalized spacial score (nSPS) is 17.4. The summed E-state index contributed by atoms with van der Waals surface area (Å²) in [6.07, 6.45) is 1.85. The highest BCUT2D eigenvalue weighted by molar-refractivity contribution is 9.10. The SMILES string of the molecule is CCCC1(O)CN(c2ccc(C#N)c(Br)c2)C1. The van der Waals surface area contributed by atoms with Crippen LogP contribution in [0.15, 0.2) is 22.7 Å². The molecule has 4 heteroatoms. The molecule has 0 aromatic heterocycles. The van der Waals surface area contributed by atoms with Gasteiger partial charge in [-0.3, -0.25) is 0 Å². The lowest BCUT2D eigenvalue weighted by molar-refractivity contribution is 0.00340. The maximum atomic E-state index is 10.1. The number of aliphatic hydroxyl groups is 1. The predicted octanol–water partition coefficient (Wildman–Crippen LogP) is 2.67. The Bertz CT molecular complexity index is 461. The van der Waals surface area contributed by atoms with Crippen molar-refractivity contribution in [3.05, 3.63) is 28.2 Å². The first-order chi connectivity index (χ1) is 8.08. The van der Waals surface area contributed by atoms with E-state index in [1.54, 1.807) is 6.07 Å². The number of benzene rings is 1. The van der Waals surface area contributed by atoms with Crippen molar-refractivity contribution in [2.75, 3.05) is 18.0 Å². The molecule has 1 aromatic rings. The van der Waals surface area contributed by atoms with Gasteiger partial charge in [-0.1, -0.05) is 13.3 Å². The van der Waals surface area contributed by atoms with E-state index in [2.05, 4.69) is 33.8 Å². The monoisotopic (exact) mass is 294 g/mol. The summed E-state index contributed by atoms with van der Waals surface area (Å²) >= 11 is 3.38. The minimum atomic E-state index is -0.519. The average molecular weight is 295 g/mol. The molecule has 0 unspecified atom stereocenters. The Hall–Kier alpha value is -1.05. The Morgan fingerprint density at radius 3 is 2.76 bits per heavy atom. The lowest BCUT2D eigenvalue weighted by atomic mass is 9.89. The standard InChI is InChI=1S/C13H15BrN2O/c1-2-5-13(17)8-16(9-13)11-4-3-10(7-15)12(14)6-11/h3-4,6,17H,2,5,8-9H2,1H3. The van der Waals surface area contributed by atoms with Crippen molar-refractivity contribution < 1.29 is 5.11 Å². The van der Waals surface area contributed by atoms with Crippen LogP contribution in [0.3, 0.4) is 0 Å². The van der Waals surface area contributed by atoms with Gasteiger partial charge in [0, 0.05) is 23.2 Å². The summed E-state index contributed by atoms with van der Waals surface area (Å²) in [4.78, 5) is 2.13. The second kappa shape index (κ2) is 4.67. The van der Waals surface area contributed by atoms with Crippen molar-refractivity contribution in [3.63, 3.8) is 0 Å². The average Bonchev–Trinajstić information content (AvgIpc) is 2.26. The fraction of sp³-hybridized carbons (Fsp3) is 0.462. The summed E-state index contributed by atoms with van der Waals surface area (Å²) in [7, 11) is 0. The Morgan fingerprint density at radius 1 is 1.53 bits per heavy atom. The number of β-amino-alcohol motifs (C(OH)–C–C–N with tert-alkyl or cyclic N) is 1. The van der Waals surface area contributed by atoms with E-state index < -0.39 is 5.60 Å². The van der Waals surface area contributed by atoms with Crippen LogP contribution >= 0.6 is 15.9 Å². The molecule has 3 nitrogen and oxygen atoms in total. The third kappa shape index (κ3) is 2.46. The third-order valence-corrected chi connectivity index (χ3v) is 3.78. The first-order valence-electron chi connectivity index (χ1n) is 5.75. The number of rotatable bonds is 3. The van der Waals surface area contributed by atoms with Crippen LogP contribution in [0.4, 0.5) is 5.69 Å². The minimum absolute atomic E-state index is 0.519. The highest BCUT2D eigenvalue weighted by atomic mass is 79.9. The second-order valence-electron chi connectivity index (χ2n) is 4.61. The molecule has 90 valence electrons. The fourth-order valence-corrected chi connectivity index (χ4v) is 2.72. The zero-order chi connectivity index (χ0) is 12.5. The van der Waals surface area contributed by atoms with Crippen LogP contribution < -0.4 is 4.90 Å². The molecular weight excluding hydrogens is 280 g/mol. The Kier molecular flexibility index (Phi) is 3.41. The van der Waals surface area contributed by atoms with Gasteiger partial charge in [-0.25, -0.2) is 0 Å². The Morgan fingerprint density at radius 2 is 2.24 bits per heavy atom. The lowest BCUT2D eigenvalue weighted by Crippen LogP contribution is -2.61. The van der Waals surface area contributed by atoms with Crippen molar-refractivity contribution in [3.8, 4) is 6.07 Å². The summed E-state index contributed by atoms with van der Waals surface area (Å²) in [6, 6.07) is 7.78. The van der Waals surface area contributed by atoms with Crippen molar-refractivity contribution in [2.24, 2.45) is 0 Å². The Labute approximate surface area is 110 Å². The molecule has 1 aliphatic rings. The van der Waals surface area contributed by atoms with E-state index in [1.165, 1.54) is 0 Å². The van der Waals surface area contributed by atoms with Crippen LogP contribution in [0.2, 0.25) is 0 Å². The summed E-state index contributed by atoms with van der Waals surface area (Å²) in [5, 5.41) is 18.9. The highest BCUT2D eigenvalue weighted by Crippen LogP contribution is 2.32.